The van der Waals surface area contributed by atoms with E-state index in [2.05, 4.69) is 5.10 Å². The Balaban J connectivity index is 1.97. The van der Waals surface area contributed by atoms with Crippen LogP contribution in [-0.4, -0.2) is 34.5 Å². The fourth-order valence-electron chi connectivity index (χ4n) is 2.70. The zero-order valence-electron chi connectivity index (χ0n) is 12.2. The average molecular weight is 289 g/mol. The van der Waals surface area contributed by atoms with E-state index in [1.54, 1.807) is 6.92 Å². The molecule has 6 heteroatoms. The van der Waals surface area contributed by atoms with Crippen molar-refractivity contribution in [3.63, 3.8) is 0 Å². The molecule has 1 unspecified atom stereocenters. The average Bonchev–Trinajstić information content (AvgIpc) is 3.01. The van der Waals surface area contributed by atoms with Gasteiger partial charge in [-0.3, -0.25) is 4.68 Å². The lowest BCUT2D eigenvalue weighted by Gasteiger charge is -2.08. The molecule has 1 aromatic carbocycles. The summed E-state index contributed by atoms with van der Waals surface area (Å²) in [5, 5.41) is 5.41. The maximum Gasteiger partial charge on any atom is 0.347 e. The van der Waals surface area contributed by atoms with Crippen molar-refractivity contribution in [2.24, 2.45) is 5.73 Å². The van der Waals surface area contributed by atoms with Gasteiger partial charge >= 0.3 is 5.97 Å². The van der Waals surface area contributed by atoms with Crippen LogP contribution in [0.15, 0.2) is 18.3 Å². The van der Waals surface area contributed by atoms with Crippen LogP contribution in [0.1, 0.15) is 19.4 Å². The largest absolute Gasteiger partial charge is 0.478 e. The zero-order chi connectivity index (χ0) is 15.0. The van der Waals surface area contributed by atoms with E-state index < -0.39 is 6.10 Å². The summed E-state index contributed by atoms with van der Waals surface area (Å²) in [6.07, 6.45) is 1.76. The van der Waals surface area contributed by atoms with Crippen molar-refractivity contribution in [1.29, 1.82) is 0 Å². The van der Waals surface area contributed by atoms with E-state index >= 15 is 0 Å². The molecule has 0 amide bonds. The second-order valence-corrected chi connectivity index (χ2v) is 5.35. The number of carbonyl (C=O) groups excluding carboxylic acids is 1. The number of fused-ring (bicyclic) bond motifs is 3. The maximum atomic E-state index is 11.9. The molecule has 21 heavy (non-hydrogen) atoms. The molecule has 2 aromatic rings. The molecular formula is C15H19N3O3. The normalized spacial score (nSPS) is 18.3. The van der Waals surface area contributed by atoms with Crippen LogP contribution in [-0.2, 0) is 22.5 Å². The van der Waals surface area contributed by atoms with Crippen LogP contribution in [0.5, 0.6) is 5.75 Å². The summed E-state index contributed by atoms with van der Waals surface area (Å²) in [4.78, 5) is 11.9. The summed E-state index contributed by atoms with van der Waals surface area (Å²) in [5.41, 5.74) is 7.87. The highest BCUT2D eigenvalue weighted by atomic mass is 16.6. The Morgan fingerprint density at radius 2 is 2.43 bits per heavy atom. The summed E-state index contributed by atoms with van der Waals surface area (Å²) in [5.74, 6) is 0.409. The molecule has 1 aliphatic rings. The third kappa shape index (κ3) is 2.47. The molecule has 3 rings (SSSR count). The number of benzene rings is 1. The molecular weight excluding hydrogens is 270 g/mol. The summed E-state index contributed by atoms with van der Waals surface area (Å²) < 4.78 is 12.6. The Morgan fingerprint density at radius 1 is 1.62 bits per heavy atom. The fourth-order valence-corrected chi connectivity index (χ4v) is 2.70. The third-order valence-electron chi connectivity index (χ3n) is 3.53. The van der Waals surface area contributed by atoms with Crippen molar-refractivity contribution in [1.82, 2.24) is 9.78 Å². The van der Waals surface area contributed by atoms with Gasteiger partial charge in [0.2, 0.25) is 0 Å². The van der Waals surface area contributed by atoms with Gasteiger partial charge in [-0.1, -0.05) is 0 Å². The SMILES string of the molecule is CCOC(=O)C1Cc2c(ccc3cnn(C[C@H](C)N)c23)O1. The van der Waals surface area contributed by atoms with E-state index in [1.165, 1.54) is 0 Å². The van der Waals surface area contributed by atoms with Crippen molar-refractivity contribution in [2.75, 3.05) is 6.61 Å². The van der Waals surface area contributed by atoms with Gasteiger partial charge in [0.1, 0.15) is 5.75 Å². The summed E-state index contributed by atoms with van der Waals surface area (Å²) in [6, 6.07) is 3.84. The van der Waals surface area contributed by atoms with E-state index in [9.17, 15) is 4.79 Å². The number of hydrogen-bond acceptors (Lipinski definition) is 5. The van der Waals surface area contributed by atoms with Gasteiger partial charge in [-0.2, -0.15) is 5.10 Å². The molecule has 0 spiro atoms. The van der Waals surface area contributed by atoms with Crippen LogP contribution in [0.4, 0.5) is 0 Å². The van der Waals surface area contributed by atoms with Crippen molar-refractivity contribution < 1.29 is 14.3 Å². The predicted molar refractivity (Wildman–Crippen MR) is 78.1 cm³/mol. The van der Waals surface area contributed by atoms with Crippen molar-refractivity contribution >= 4 is 16.9 Å². The first-order valence-electron chi connectivity index (χ1n) is 7.16. The highest BCUT2D eigenvalue weighted by molar-refractivity contribution is 5.87. The number of esters is 1. The van der Waals surface area contributed by atoms with Crippen LogP contribution >= 0.6 is 0 Å². The standard InChI is InChI=1S/C15H19N3O3/c1-3-20-15(19)13-6-11-12(21-13)5-4-10-7-17-18(14(10)11)8-9(2)16/h4-5,7,9,13H,3,6,8,16H2,1-2H3/t9-,13?/m0/s1. The van der Waals surface area contributed by atoms with Crippen molar-refractivity contribution in [3.8, 4) is 5.75 Å². The third-order valence-corrected chi connectivity index (χ3v) is 3.53. The monoisotopic (exact) mass is 289 g/mol. The van der Waals surface area contributed by atoms with Crippen LogP contribution < -0.4 is 10.5 Å². The van der Waals surface area contributed by atoms with Gasteiger partial charge in [-0.05, 0) is 26.0 Å². The Labute approximate surface area is 122 Å². The lowest BCUT2D eigenvalue weighted by Crippen LogP contribution is -2.27. The number of carbonyl (C=O) groups is 1. The van der Waals surface area contributed by atoms with Gasteiger partial charge in [-0.25, -0.2) is 4.79 Å². The molecule has 112 valence electrons. The molecule has 1 aliphatic heterocycles. The Kier molecular flexibility index (Phi) is 3.55. The molecule has 6 nitrogen and oxygen atoms in total. The van der Waals surface area contributed by atoms with Gasteiger partial charge in [0.25, 0.3) is 0 Å². The molecule has 0 saturated heterocycles. The van der Waals surface area contributed by atoms with Gasteiger partial charge in [-0.15, -0.1) is 0 Å². The van der Waals surface area contributed by atoms with Crippen LogP contribution in [0.25, 0.3) is 10.9 Å². The van der Waals surface area contributed by atoms with E-state index in [-0.39, 0.29) is 12.0 Å². The fraction of sp³-hybridized carbons (Fsp3) is 0.467. The van der Waals surface area contributed by atoms with E-state index in [1.807, 2.05) is 29.9 Å². The Morgan fingerprint density at radius 3 is 3.14 bits per heavy atom. The molecule has 0 bridgehead atoms. The molecule has 0 aliphatic carbocycles. The lowest BCUT2D eigenvalue weighted by atomic mass is 10.1. The number of hydrogen-bond donors (Lipinski definition) is 1. The topological polar surface area (TPSA) is 79.4 Å². The maximum absolute atomic E-state index is 11.9. The molecule has 2 N–H and O–H groups in total. The van der Waals surface area contributed by atoms with E-state index in [0.29, 0.717) is 19.6 Å². The highest BCUT2D eigenvalue weighted by Crippen LogP contribution is 2.35. The number of aromatic nitrogens is 2. The summed E-state index contributed by atoms with van der Waals surface area (Å²) in [6.45, 7) is 4.71. The minimum atomic E-state index is -0.566. The lowest BCUT2D eigenvalue weighted by molar-refractivity contribution is -0.150. The molecule has 1 aromatic heterocycles. The predicted octanol–water partition coefficient (Wildman–Crippen LogP) is 1.25. The van der Waals surface area contributed by atoms with Gasteiger partial charge in [0.05, 0.1) is 24.9 Å². The number of ether oxygens (including phenoxy) is 2. The van der Waals surface area contributed by atoms with E-state index in [0.717, 1.165) is 22.2 Å². The first-order valence-corrected chi connectivity index (χ1v) is 7.16. The van der Waals surface area contributed by atoms with Crippen LogP contribution in [0.3, 0.4) is 0 Å². The minimum Gasteiger partial charge on any atom is -0.478 e. The second kappa shape index (κ2) is 5.37. The number of rotatable bonds is 4. The van der Waals surface area contributed by atoms with Gasteiger partial charge < -0.3 is 15.2 Å². The Hall–Kier alpha value is -2.08. The minimum absolute atomic E-state index is 0.00660. The second-order valence-electron chi connectivity index (χ2n) is 5.35. The first kappa shape index (κ1) is 13.9. The Bertz CT molecular complexity index is 678. The molecule has 2 atom stereocenters. The smallest absolute Gasteiger partial charge is 0.347 e. The van der Waals surface area contributed by atoms with Gasteiger partial charge in [0.15, 0.2) is 6.10 Å². The zero-order valence-corrected chi connectivity index (χ0v) is 12.2. The number of nitrogens with two attached hydrogens (primary N) is 1. The first-order chi connectivity index (χ1) is 10.1. The molecule has 2 heterocycles. The molecule has 0 fully saturated rings. The summed E-state index contributed by atoms with van der Waals surface area (Å²) in [7, 11) is 0. The summed E-state index contributed by atoms with van der Waals surface area (Å²) >= 11 is 0. The quantitative estimate of drug-likeness (QED) is 0.857. The molecule has 0 saturated carbocycles. The highest BCUT2D eigenvalue weighted by Gasteiger charge is 2.32. The van der Waals surface area contributed by atoms with Crippen LogP contribution in [0, 0.1) is 0 Å². The number of nitrogens with zero attached hydrogens (tertiary/aromatic N) is 2. The van der Waals surface area contributed by atoms with Crippen LogP contribution in [0.2, 0.25) is 0 Å². The van der Waals surface area contributed by atoms with Crippen molar-refractivity contribution in [3.05, 3.63) is 23.9 Å². The van der Waals surface area contributed by atoms with E-state index in [4.69, 9.17) is 15.2 Å². The van der Waals surface area contributed by atoms with Gasteiger partial charge in [0, 0.05) is 23.4 Å². The van der Waals surface area contributed by atoms with Crippen molar-refractivity contribution in [2.45, 2.75) is 39.0 Å². The molecule has 0 radical (unpaired) electrons.